The molecular weight excluding hydrogens is 172 g/mol. The molecule has 0 N–H and O–H groups in total. The van der Waals surface area contributed by atoms with Crippen LogP contribution in [0.3, 0.4) is 0 Å². The molecule has 0 aromatic heterocycles. The van der Waals surface area contributed by atoms with Gasteiger partial charge in [-0.2, -0.15) is 0 Å². The van der Waals surface area contributed by atoms with Gasteiger partial charge in [0.15, 0.2) is 0 Å². The fraction of sp³-hybridized carbons (Fsp3) is 0.923. The monoisotopic (exact) mass is 192 g/mol. The molecule has 3 aliphatic carbocycles. The third kappa shape index (κ3) is 0.988. The fourth-order valence-electron chi connectivity index (χ4n) is 4.57. The topological polar surface area (TPSA) is 17.1 Å². The first-order valence-corrected chi connectivity index (χ1v) is 6.14. The summed E-state index contributed by atoms with van der Waals surface area (Å²) in [5, 5.41) is 0. The third-order valence-corrected chi connectivity index (χ3v) is 5.08. The zero-order valence-electron chi connectivity index (χ0n) is 9.25. The molecule has 0 heterocycles. The average molecular weight is 192 g/mol. The molecule has 2 bridgehead atoms. The van der Waals surface area contributed by atoms with E-state index in [2.05, 4.69) is 13.8 Å². The van der Waals surface area contributed by atoms with Crippen LogP contribution in [0, 0.1) is 29.1 Å². The molecule has 0 aromatic carbocycles. The molecule has 0 amide bonds. The second kappa shape index (κ2) is 2.62. The first-order valence-electron chi connectivity index (χ1n) is 6.14. The second-order valence-corrected chi connectivity index (χ2v) is 6.31. The van der Waals surface area contributed by atoms with Crippen molar-refractivity contribution in [3.05, 3.63) is 0 Å². The molecule has 0 spiro atoms. The number of Topliss-reactive ketones (excluding diaryl/α,β-unsaturated/α-hetero) is 1. The summed E-state index contributed by atoms with van der Waals surface area (Å²) >= 11 is 0. The highest BCUT2D eigenvalue weighted by Gasteiger charge is 2.55. The molecule has 3 saturated carbocycles. The van der Waals surface area contributed by atoms with Crippen molar-refractivity contribution < 1.29 is 4.79 Å². The Hall–Kier alpha value is -0.330. The number of hydrogen-bond donors (Lipinski definition) is 0. The van der Waals surface area contributed by atoms with Crippen LogP contribution >= 0.6 is 0 Å². The predicted octanol–water partition coefficient (Wildman–Crippen LogP) is 3.04. The number of carbonyl (C=O) groups is 1. The van der Waals surface area contributed by atoms with E-state index in [0.29, 0.717) is 11.7 Å². The van der Waals surface area contributed by atoms with Gasteiger partial charge in [-0.15, -0.1) is 0 Å². The van der Waals surface area contributed by atoms with Crippen molar-refractivity contribution >= 4 is 5.78 Å². The first-order chi connectivity index (χ1) is 6.59. The smallest absolute Gasteiger partial charge is 0.141 e. The maximum atomic E-state index is 12.2. The molecule has 1 heteroatoms. The van der Waals surface area contributed by atoms with E-state index in [9.17, 15) is 4.79 Å². The highest BCUT2D eigenvalue weighted by molar-refractivity contribution is 5.88. The van der Waals surface area contributed by atoms with Crippen LogP contribution < -0.4 is 0 Å². The largest absolute Gasteiger partial charge is 0.299 e. The predicted molar refractivity (Wildman–Crippen MR) is 55.8 cm³/mol. The van der Waals surface area contributed by atoms with Crippen LogP contribution in [0.1, 0.15) is 46.0 Å². The Morgan fingerprint density at radius 2 is 1.93 bits per heavy atom. The number of ketones is 1. The second-order valence-electron chi connectivity index (χ2n) is 6.31. The Balaban J connectivity index is 1.96. The van der Waals surface area contributed by atoms with Gasteiger partial charge in [0, 0.05) is 11.3 Å². The van der Waals surface area contributed by atoms with E-state index in [1.807, 2.05) is 0 Å². The van der Waals surface area contributed by atoms with Crippen LogP contribution in [-0.4, -0.2) is 5.78 Å². The number of carbonyl (C=O) groups excluding carboxylic acids is 1. The van der Waals surface area contributed by atoms with Crippen molar-refractivity contribution in [2.24, 2.45) is 29.1 Å². The van der Waals surface area contributed by atoms with Crippen LogP contribution in [0.25, 0.3) is 0 Å². The molecule has 0 aromatic rings. The van der Waals surface area contributed by atoms with E-state index in [-0.39, 0.29) is 5.41 Å². The van der Waals surface area contributed by atoms with Crippen LogP contribution in [-0.2, 0) is 4.79 Å². The number of fused-ring (bicyclic) bond motifs is 5. The summed E-state index contributed by atoms with van der Waals surface area (Å²) in [6, 6.07) is 0. The maximum Gasteiger partial charge on any atom is 0.141 e. The molecule has 4 atom stereocenters. The quantitative estimate of drug-likeness (QED) is 0.576. The van der Waals surface area contributed by atoms with Crippen molar-refractivity contribution in [1.82, 2.24) is 0 Å². The number of rotatable bonds is 0. The van der Waals surface area contributed by atoms with Crippen LogP contribution in [0.2, 0.25) is 0 Å². The van der Waals surface area contributed by atoms with E-state index in [1.54, 1.807) is 0 Å². The first kappa shape index (κ1) is 8.94. The summed E-state index contributed by atoms with van der Waals surface area (Å²) < 4.78 is 0. The van der Waals surface area contributed by atoms with Gasteiger partial charge in [0.05, 0.1) is 0 Å². The van der Waals surface area contributed by atoms with Gasteiger partial charge in [-0.3, -0.25) is 4.79 Å². The third-order valence-electron chi connectivity index (χ3n) is 5.08. The molecule has 3 aliphatic rings. The lowest BCUT2D eigenvalue weighted by atomic mass is 9.69. The van der Waals surface area contributed by atoms with Gasteiger partial charge < -0.3 is 0 Å². The Morgan fingerprint density at radius 3 is 2.71 bits per heavy atom. The fourth-order valence-corrected chi connectivity index (χ4v) is 4.57. The normalized spacial score (nSPS) is 49.4. The summed E-state index contributed by atoms with van der Waals surface area (Å²) in [5.41, 5.74) is -0.00206. The summed E-state index contributed by atoms with van der Waals surface area (Å²) in [6.07, 6.45) is 6.54. The van der Waals surface area contributed by atoms with Crippen LogP contribution in [0.15, 0.2) is 0 Å². The molecule has 0 saturated heterocycles. The lowest BCUT2D eigenvalue weighted by molar-refractivity contribution is -0.134. The zero-order chi connectivity index (χ0) is 9.92. The molecule has 0 aliphatic heterocycles. The zero-order valence-corrected chi connectivity index (χ0v) is 9.25. The van der Waals surface area contributed by atoms with E-state index in [1.165, 1.54) is 32.1 Å². The Labute approximate surface area is 86.3 Å². The van der Waals surface area contributed by atoms with Crippen molar-refractivity contribution in [2.75, 3.05) is 0 Å². The summed E-state index contributed by atoms with van der Waals surface area (Å²) in [6.45, 7) is 4.32. The SMILES string of the molecule is CC1(C)C[C@H]2C[C@@H](C1=O)[C@@H]1CCC[C@H]21. The van der Waals surface area contributed by atoms with E-state index >= 15 is 0 Å². The minimum Gasteiger partial charge on any atom is -0.299 e. The van der Waals surface area contributed by atoms with E-state index in [4.69, 9.17) is 0 Å². The highest BCUT2D eigenvalue weighted by Crippen LogP contribution is 2.59. The van der Waals surface area contributed by atoms with Crippen LogP contribution in [0.5, 0.6) is 0 Å². The molecule has 78 valence electrons. The minimum absolute atomic E-state index is 0.00206. The highest BCUT2D eigenvalue weighted by atomic mass is 16.1. The molecule has 1 nitrogen and oxygen atoms in total. The van der Waals surface area contributed by atoms with Crippen molar-refractivity contribution in [2.45, 2.75) is 46.0 Å². The minimum atomic E-state index is -0.00206. The van der Waals surface area contributed by atoms with Gasteiger partial charge in [-0.05, 0) is 43.4 Å². The maximum absolute atomic E-state index is 12.2. The van der Waals surface area contributed by atoms with Gasteiger partial charge in [0.1, 0.15) is 5.78 Å². The van der Waals surface area contributed by atoms with Crippen molar-refractivity contribution in [1.29, 1.82) is 0 Å². The average Bonchev–Trinajstić information content (AvgIpc) is 2.64. The van der Waals surface area contributed by atoms with Gasteiger partial charge in [0.2, 0.25) is 0 Å². The van der Waals surface area contributed by atoms with E-state index < -0.39 is 0 Å². The molecule has 0 unspecified atom stereocenters. The standard InChI is InChI=1S/C13H20O/c1-13(2)7-8-6-11(12(13)14)10-5-3-4-9(8)10/h8-11H,3-7H2,1-2H3/t8-,9-,10-,11-/m1/s1. The summed E-state index contributed by atoms with van der Waals surface area (Å²) in [5.74, 6) is 3.64. The molecule has 0 radical (unpaired) electrons. The lowest BCUT2D eigenvalue weighted by Crippen LogP contribution is -2.36. The summed E-state index contributed by atoms with van der Waals surface area (Å²) in [4.78, 5) is 12.2. The Kier molecular flexibility index (Phi) is 1.67. The molecule has 3 fully saturated rings. The summed E-state index contributed by atoms with van der Waals surface area (Å²) in [7, 11) is 0. The van der Waals surface area contributed by atoms with E-state index in [0.717, 1.165) is 17.8 Å². The molecule has 14 heavy (non-hydrogen) atoms. The van der Waals surface area contributed by atoms with Crippen molar-refractivity contribution in [3.8, 4) is 0 Å². The molecular formula is C13H20O. The van der Waals surface area contributed by atoms with Gasteiger partial charge in [0.25, 0.3) is 0 Å². The Bertz CT molecular complexity index is 279. The van der Waals surface area contributed by atoms with Gasteiger partial charge in [-0.25, -0.2) is 0 Å². The number of hydrogen-bond acceptors (Lipinski definition) is 1. The van der Waals surface area contributed by atoms with Crippen molar-refractivity contribution in [3.63, 3.8) is 0 Å². The molecule has 3 rings (SSSR count). The van der Waals surface area contributed by atoms with Gasteiger partial charge >= 0.3 is 0 Å². The Morgan fingerprint density at radius 1 is 1.21 bits per heavy atom. The van der Waals surface area contributed by atoms with Crippen LogP contribution in [0.4, 0.5) is 0 Å². The van der Waals surface area contributed by atoms with Gasteiger partial charge in [-0.1, -0.05) is 20.3 Å². The lowest BCUT2D eigenvalue weighted by Gasteiger charge is -2.34.